The van der Waals surface area contributed by atoms with E-state index in [1.165, 1.54) is 22.3 Å². The lowest BCUT2D eigenvalue weighted by Gasteiger charge is -2.27. The first-order valence-corrected chi connectivity index (χ1v) is 10.6. The summed E-state index contributed by atoms with van der Waals surface area (Å²) in [4.78, 5) is 10.8. The minimum absolute atomic E-state index is 0.590. The fraction of sp³-hybridized carbons (Fsp3) is 0.286. The van der Waals surface area contributed by atoms with Gasteiger partial charge in [0.15, 0.2) is 5.96 Å². The van der Waals surface area contributed by atoms with Crippen LogP contribution in [-0.2, 0) is 13.1 Å². The molecule has 6 nitrogen and oxygen atoms in total. The molecule has 144 valence electrons. The zero-order valence-corrected chi connectivity index (χ0v) is 16.6. The third kappa shape index (κ3) is 4.54. The Balaban J connectivity index is 1.49. The number of nitrogens with zero attached hydrogens (tertiary/aromatic N) is 5. The summed E-state index contributed by atoms with van der Waals surface area (Å²) in [6.07, 6.45) is 3.28. The van der Waals surface area contributed by atoms with Crippen molar-refractivity contribution >= 4 is 17.7 Å². The molecular weight excluding hydrogens is 368 g/mol. The molecule has 0 unspecified atom stereocenters. The highest BCUT2D eigenvalue weighted by atomic mass is 32.2. The highest BCUT2D eigenvalue weighted by Gasteiger charge is 2.12. The predicted octanol–water partition coefficient (Wildman–Crippen LogP) is 2.86. The maximum absolute atomic E-state index is 6.22. The van der Waals surface area contributed by atoms with Crippen LogP contribution in [0.5, 0.6) is 0 Å². The van der Waals surface area contributed by atoms with Gasteiger partial charge in [0, 0.05) is 24.6 Å². The summed E-state index contributed by atoms with van der Waals surface area (Å²) in [6.45, 7) is 3.27. The summed E-state index contributed by atoms with van der Waals surface area (Å²) < 4.78 is 1.82. The number of aliphatic imine (C=N–C) groups is 1. The van der Waals surface area contributed by atoms with Crippen LogP contribution in [0.3, 0.4) is 0 Å². The fourth-order valence-corrected chi connectivity index (χ4v) is 4.19. The van der Waals surface area contributed by atoms with Crippen molar-refractivity contribution in [1.82, 2.24) is 19.7 Å². The van der Waals surface area contributed by atoms with Gasteiger partial charge in [-0.1, -0.05) is 48.5 Å². The molecule has 0 amide bonds. The summed E-state index contributed by atoms with van der Waals surface area (Å²) in [5, 5.41) is 4.16. The minimum atomic E-state index is 0.590. The molecule has 2 N–H and O–H groups in total. The predicted molar refractivity (Wildman–Crippen MR) is 115 cm³/mol. The third-order valence-electron chi connectivity index (χ3n) is 4.84. The standard InChI is InChI=1S/C21H24N6S/c22-21(26-9-11-28-12-10-26)24-13-19-3-1-2-4-20(19)18-7-5-17(6-8-18)14-27-16-23-15-25-27/h1-8,15-16H,9-14H2,(H2,22,24). The molecule has 1 fully saturated rings. The van der Waals surface area contributed by atoms with E-state index in [0.717, 1.165) is 31.1 Å². The molecule has 2 heterocycles. The van der Waals surface area contributed by atoms with Crippen LogP contribution in [0.4, 0.5) is 0 Å². The number of nitrogens with two attached hydrogens (primary N) is 1. The van der Waals surface area contributed by atoms with E-state index < -0.39 is 0 Å². The second-order valence-electron chi connectivity index (χ2n) is 6.72. The number of hydrogen-bond donors (Lipinski definition) is 1. The maximum atomic E-state index is 6.22. The lowest BCUT2D eigenvalue weighted by Crippen LogP contribution is -2.42. The Hall–Kier alpha value is -2.80. The zero-order valence-electron chi connectivity index (χ0n) is 15.7. The van der Waals surface area contributed by atoms with Crippen molar-refractivity contribution in [3.63, 3.8) is 0 Å². The smallest absolute Gasteiger partial charge is 0.191 e. The largest absolute Gasteiger partial charge is 0.370 e. The number of thioether (sulfide) groups is 1. The Bertz CT molecular complexity index is 914. The molecule has 2 aromatic carbocycles. The highest BCUT2D eigenvalue weighted by Crippen LogP contribution is 2.25. The van der Waals surface area contributed by atoms with Gasteiger partial charge >= 0.3 is 0 Å². The van der Waals surface area contributed by atoms with Gasteiger partial charge in [-0.2, -0.15) is 16.9 Å². The first-order valence-electron chi connectivity index (χ1n) is 9.42. The van der Waals surface area contributed by atoms with Gasteiger partial charge in [-0.3, -0.25) is 0 Å². The van der Waals surface area contributed by atoms with Crippen LogP contribution >= 0.6 is 11.8 Å². The molecule has 0 saturated carbocycles. The molecule has 0 bridgehead atoms. The van der Waals surface area contributed by atoms with E-state index >= 15 is 0 Å². The molecule has 1 aliphatic rings. The summed E-state index contributed by atoms with van der Waals surface area (Å²) in [7, 11) is 0. The van der Waals surface area contributed by atoms with Crippen molar-refractivity contribution in [2.45, 2.75) is 13.1 Å². The quantitative estimate of drug-likeness (QED) is 0.534. The van der Waals surface area contributed by atoms with Crippen LogP contribution in [-0.4, -0.2) is 50.2 Å². The Morgan fingerprint density at radius 3 is 2.61 bits per heavy atom. The number of aromatic nitrogens is 3. The first-order chi connectivity index (χ1) is 13.8. The van der Waals surface area contributed by atoms with Gasteiger partial charge < -0.3 is 10.6 Å². The highest BCUT2D eigenvalue weighted by molar-refractivity contribution is 7.99. The Morgan fingerprint density at radius 2 is 1.86 bits per heavy atom. The lowest BCUT2D eigenvalue weighted by molar-refractivity contribution is 0.455. The van der Waals surface area contributed by atoms with Crippen molar-refractivity contribution in [3.05, 3.63) is 72.3 Å². The summed E-state index contributed by atoms with van der Waals surface area (Å²) >= 11 is 1.97. The maximum Gasteiger partial charge on any atom is 0.191 e. The minimum Gasteiger partial charge on any atom is -0.370 e. The molecule has 1 aliphatic heterocycles. The van der Waals surface area contributed by atoms with Crippen LogP contribution in [0.1, 0.15) is 11.1 Å². The van der Waals surface area contributed by atoms with Crippen LogP contribution < -0.4 is 5.73 Å². The molecular formula is C21H24N6S. The van der Waals surface area contributed by atoms with Gasteiger partial charge in [0.25, 0.3) is 0 Å². The molecule has 28 heavy (non-hydrogen) atoms. The molecule has 0 atom stereocenters. The number of benzene rings is 2. The molecule has 1 saturated heterocycles. The summed E-state index contributed by atoms with van der Waals surface area (Å²) in [5.74, 6) is 2.89. The van der Waals surface area contributed by atoms with Crippen LogP contribution in [0, 0.1) is 0 Å². The second kappa shape index (κ2) is 8.93. The van der Waals surface area contributed by atoms with E-state index in [-0.39, 0.29) is 0 Å². The van der Waals surface area contributed by atoms with Gasteiger partial charge in [-0.15, -0.1) is 0 Å². The average molecular weight is 393 g/mol. The van der Waals surface area contributed by atoms with Gasteiger partial charge in [0.2, 0.25) is 0 Å². The fourth-order valence-electron chi connectivity index (χ4n) is 3.29. The number of rotatable bonds is 5. The van der Waals surface area contributed by atoms with Crippen LogP contribution in [0.25, 0.3) is 11.1 Å². The van der Waals surface area contributed by atoms with Crippen molar-refractivity contribution in [1.29, 1.82) is 0 Å². The molecule has 0 spiro atoms. The van der Waals surface area contributed by atoms with Crippen LogP contribution in [0.2, 0.25) is 0 Å². The van der Waals surface area contributed by atoms with E-state index in [4.69, 9.17) is 5.73 Å². The van der Waals surface area contributed by atoms with Gasteiger partial charge in [-0.05, 0) is 22.3 Å². The van der Waals surface area contributed by atoms with Gasteiger partial charge in [-0.25, -0.2) is 14.7 Å². The molecule has 1 aromatic heterocycles. The number of hydrogen-bond acceptors (Lipinski definition) is 4. The van der Waals surface area contributed by atoms with E-state index in [1.807, 2.05) is 16.4 Å². The van der Waals surface area contributed by atoms with E-state index in [1.54, 1.807) is 12.7 Å². The Labute approximate surface area is 169 Å². The summed E-state index contributed by atoms with van der Waals surface area (Å²) in [6, 6.07) is 17.0. The summed E-state index contributed by atoms with van der Waals surface area (Å²) in [5.41, 5.74) is 11.0. The average Bonchev–Trinajstić information content (AvgIpc) is 3.26. The number of guanidine groups is 1. The first kappa shape index (κ1) is 18.6. The molecule has 0 radical (unpaired) electrons. The van der Waals surface area contributed by atoms with E-state index in [2.05, 4.69) is 68.5 Å². The normalized spacial score (nSPS) is 15.0. The van der Waals surface area contributed by atoms with E-state index in [0.29, 0.717) is 12.5 Å². The van der Waals surface area contributed by atoms with Crippen molar-refractivity contribution in [2.24, 2.45) is 10.7 Å². The van der Waals surface area contributed by atoms with Crippen molar-refractivity contribution in [2.75, 3.05) is 24.6 Å². The lowest BCUT2D eigenvalue weighted by atomic mass is 9.98. The second-order valence-corrected chi connectivity index (χ2v) is 7.95. The Morgan fingerprint density at radius 1 is 1.07 bits per heavy atom. The molecule has 4 rings (SSSR count). The van der Waals surface area contributed by atoms with Crippen LogP contribution in [0.15, 0.2) is 66.2 Å². The van der Waals surface area contributed by atoms with Gasteiger partial charge in [0.05, 0.1) is 13.1 Å². The SMILES string of the molecule is NC(=NCc1ccccc1-c1ccc(Cn2cncn2)cc1)N1CCSCC1. The third-order valence-corrected chi connectivity index (χ3v) is 5.78. The monoisotopic (exact) mass is 392 g/mol. The Kier molecular flexibility index (Phi) is 5.92. The molecule has 7 heteroatoms. The van der Waals surface area contributed by atoms with E-state index in [9.17, 15) is 0 Å². The van der Waals surface area contributed by atoms with Crippen molar-refractivity contribution in [3.8, 4) is 11.1 Å². The molecule has 0 aliphatic carbocycles. The topological polar surface area (TPSA) is 72.3 Å². The zero-order chi connectivity index (χ0) is 19.2. The molecule has 3 aromatic rings. The van der Waals surface area contributed by atoms with Crippen molar-refractivity contribution < 1.29 is 0 Å². The van der Waals surface area contributed by atoms with Gasteiger partial charge in [0.1, 0.15) is 12.7 Å².